The second-order valence-electron chi connectivity index (χ2n) is 4.14. The van der Waals surface area contributed by atoms with Gasteiger partial charge in [0.2, 0.25) is 6.41 Å². The molecule has 0 aromatic heterocycles. The maximum Gasteiger partial charge on any atom is 0.209 e. The van der Waals surface area contributed by atoms with Gasteiger partial charge < -0.3 is 9.64 Å². The van der Waals surface area contributed by atoms with Crippen molar-refractivity contribution in [3.63, 3.8) is 0 Å². The molecular weight excluding hydrogens is 166 g/mol. The molecule has 1 aliphatic carbocycles. The first kappa shape index (κ1) is 9.00. The van der Waals surface area contributed by atoms with Crippen molar-refractivity contribution in [2.24, 2.45) is 5.92 Å². The van der Waals surface area contributed by atoms with E-state index in [2.05, 4.69) is 0 Å². The first-order chi connectivity index (χ1) is 6.38. The van der Waals surface area contributed by atoms with Crippen molar-refractivity contribution in [2.45, 2.75) is 31.8 Å². The van der Waals surface area contributed by atoms with Crippen LogP contribution in [0.5, 0.6) is 0 Å². The summed E-state index contributed by atoms with van der Waals surface area (Å²) in [4.78, 5) is 12.3. The minimum Gasteiger partial charge on any atom is -0.376 e. The molecule has 0 radical (unpaired) electrons. The predicted octanol–water partition coefficient (Wildman–Crippen LogP) is 1.03. The van der Waals surface area contributed by atoms with E-state index >= 15 is 0 Å². The molecule has 3 heteroatoms. The van der Waals surface area contributed by atoms with Gasteiger partial charge in [-0.1, -0.05) is 0 Å². The van der Waals surface area contributed by atoms with Gasteiger partial charge in [-0.15, -0.1) is 0 Å². The third-order valence-electron chi connectivity index (χ3n) is 2.82. The van der Waals surface area contributed by atoms with E-state index in [9.17, 15) is 4.79 Å². The number of amides is 1. The van der Waals surface area contributed by atoms with Gasteiger partial charge in [0.1, 0.15) is 0 Å². The molecule has 3 nitrogen and oxygen atoms in total. The number of ether oxygens (including phenoxy) is 1. The van der Waals surface area contributed by atoms with Crippen LogP contribution in [0.1, 0.15) is 25.7 Å². The third kappa shape index (κ3) is 2.69. The molecule has 1 atom stereocenters. The molecule has 1 amide bonds. The minimum atomic E-state index is 0.305. The summed E-state index contributed by atoms with van der Waals surface area (Å²) in [5, 5.41) is 0. The fraction of sp³-hybridized carbons (Fsp3) is 0.900. The number of piperidine rings is 1. The van der Waals surface area contributed by atoms with Gasteiger partial charge in [-0.2, -0.15) is 0 Å². The van der Waals surface area contributed by atoms with Gasteiger partial charge in [-0.3, -0.25) is 4.79 Å². The monoisotopic (exact) mass is 183 g/mol. The molecule has 74 valence electrons. The Labute approximate surface area is 79.0 Å². The standard InChI is InChI=1S/C10H17NO2/c12-8-11-5-1-2-10(6-11)13-7-9-3-4-9/h8-10H,1-7H2. The van der Waals surface area contributed by atoms with Crippen molar-refractivity contribution in [3.8, 4) is 0 Å². The average Bonchev–Trinajstić information content (AvgIpc) is 2.99. The van der Waals surface area contributed by atoms with E-state index in [1.165, 1.54) is 12.8 Å². The fourth-order valence-corrected chi connectivity index (χ4v) is 1.75. The molecule has 1 heterocycles. The molecule has 0 aromatic carbocycles. The van der Waals surface area contributed by atoms with Crippen LogP contribution in [0.2, 0.25) is 0 Å². The summed E-state index contributed by atoms with van der Waals surface area (Å²) < 4.78 is 5.74. The maximum absolute atomic E-state index is 10.5. The molecule has 2 rings (SSSR count). The number of nitrogens with zero attached hydrogens (tertiary/aromatic N) is 1. The predicted molar refractivity (Wildman–Crippen MR) is 49.3 cm³/mol. The zero-order valence-electron chi connectivity index (χ0n) is 7.95. The molecule has 1 unspecified atom stereocenters. The highest BCUT2D eigenvalue weighted by atomic mass is 16.5. The Morgan fingerprint density at radius 2 is 2.23 bits per heavy atom. The van der Waals surface area contributed by atoms with Crippen LogP contribution in [0.25, 0.3) is 0 Å². The Hall–Kier alpha value is -0.570. The minimum absolute atomic E-state index is 0.305. The Kier molecular flexibility index (Phi) is 2.83. The van der Waals surface area contributed by atoms with Gasteiger partial charge in [-0.25, -0.2) is 0 Å². The Balaban J connectivity index is 1.68. The maximum atomic E-state index is 10.5. The van der Waals surface area contributed by atoms with E-state index in [-0.39, 0.29) is 0 Å². The molecule has 1 aliphatic heterocycles. The molecule has 1 saturated carbocycles. The van der Waals surface area contributed by atoms with E-state index in [0.717, 1.165) is 44.9 Å². The molecule has 1 saturated heterocycles. The topological polar surface area (TPSA) is 29.5 Å². The summed E-state index contributed by atoms with van der Waals surface area (Å²) in [5.74, 6) is 0.826. The van der Waals surface area contributed by atoms with Crippen molar-refractivity contribution in [1.82, 2.24) is 4.90 Å². The highest BCUT2D eigenvalue weighted by molar-refractivity contribution is 5.47. The first-order valence-electron chi connectivity index (χ1n) is 5.19. The van der Waals surface area contributed by atoms with Gasteiger partial charge in [0.05, 0.1) is 6.10 Å². The third-order valence-corrected chi connectivity index (χ3v) is 2.82. The summed E-state index contributed by atoms with van der Waals surface area (Å²) in [7, 11) is 0. The summed E-state index contributed by atoms with van der Waals surface area (Å²) in [6, 6.07) is 0. The van der Waals surface area contributed by atoms with E-state index in [1.807, 2.05) is 4.90 Å². The van der Waals surface area contributed by atoms with Gasteiger partial charge >= 0.3 is 0 Å². The Morgan fingerprint density at radius 3 is 2.92 bits per heavy atom. The lowest BCUT2D eigenvalue weighted by Crippen LogP contribution is -2.38. The quantitative estimate of drug-likeness (QED) is 0.609. The smallest absolute Gasteiger partial charge is 0.209 e. The van der Waals surface area contributed by atoms with Crippen LogP contribution in [-0.2, 0) is 9.53 Å². The zero-order chi connectivity index (χ0) is 9.10. The molecular formula is C10H17NO2. The zero-order valence-corrected chi connectivity index (χ0v) is 7.95. The molecule has 0 N–H and O–H groups in total. The number of carbonyl (C=O) groups excluding carboxylic acids is 1. The van der Waals surface area contributed by atoms with E-state index in [1.54, 1.807) is 0 Å². The number of likely N-dealkylation sites (tertiary alicyclic amines) is 1. The lowest BCUT2D eigenvalue weighted by molar-refractivity contribution is -0.122. The van der Waals surface area contributed by atoms with Crippen molar-refractivity contribution in [3.05, 3.63) is 0 Å². The van der Waals surface area contributed by atoms with Crippen LogP contribution in [0.4, 0.5) is 0 Å². The lowest BCUT2D eigenvalue weighted by atomic mass is 10.1. The summed E-state index contributed by atoms with van der Waals surface area (Å²) in [6.07, 6.45) is 6.13. The number of hydrogen-bond acceptors (Lipinski definition) is 2. The summed E-state index contributed by atoms with van der Waals surface area (Å²) in [6.45, 7) is 2.63. The van der Waals surface area contributed by atoms with Crippen LogP contribution >= 0.6 is 0 Å². The largest absolute Gasteiger partial charge is 0.376 e. The first-order valence-corrected chi connectivity index (χ1v) is 5.19. The molecule has 0 spiro atoms. The SMILES string of the molecule is O=CN1CCCC(OCC2CC2)C1. The number of carbonyl (C=O) groups is 1. The summed E-state index contributed by atoms with van der Waals surface area (Å²) >= 11 is 0. The van der Waals surface area contributed by atoms with Crippen LogP contribution in [0.3, 0.4) is 0 Å². The molecule has 0 bridgehead atoms. The average molecular weight is 183 g/mol. The van der Waals surface area contributed by atoms with Crippen LogP contribution in [-0.4, -0.2) is 37.1 Å². The Morgan fingerprint density at radius 1 is 1.38 bits per heavy atom. The van der Waals surface area contributed by atoms with E-state index < -0.39 is 0 Å². The highest BCUT2D eigenvalue weighted by Crippen LogP contribution is 2.29. The molecule has 2 aliphatic rings. The van der Waals surface area contributed by atoms with Gasteiger partial charge in [0, 0.05) is 19.7 Å². The van der Waals surface area contributed by atoms with Crippen LogP contribution < -0.4 is 0 Å². The van der Waals surface area contributed by atoms with Gasteiger partial charge in [-0.05, 0) is 31.6 Å². The Bertz CT molecular complexity index is 180. The second-order valence-corrected chi connectivity index (χ2v) is 4.14. The summed E-state index contributed by atoms with van der Waals surface area (Å²) in [5.41, 5.74) is 0. The van der Waals surface area contributed by atoms with Crippen LogP contribution in [0, 0.1) is 5.92 Å². The van der Waals surface area contributed by atoms with Crippen LogP contribution in [0.15, 0.2) is 0 Å². The lowest BCUT2D eigenvalue weighted by Gasteiger charge is -2.29. The van der Waals surface area contributed by atoms with Gasteiger partial charge in [0.15, 0.2) is 0 Å². The fourth-order valence-electron chi connectivity index (χ4n) is 1.75. The molecule has 0 aromatic rings. The number of hydrogen-bond donors (Lipinski definition) is 0. The highest BCUT2D eigenvalue weighted by Gasteiger charge is 2.25. The van der Waals surface area contributed by atoms with Crippen molar-refractivity contribution in [1.29, 1.82) is 0 Å². The van der Waals surface area contributed by atoms with E-state index in [4.69, 9.17) is 4.74 Å². The van der Waals surface area contributed by atoms with Crippen molar-refractivity contribution >= 4 is 6.41 Å². The van der Waals surface area contributed by atoms with Crippen molar-refractivity contribution < 1.29 is 9.53 Å². The number of rotatable bonds is 4. The second kappa shape index (κ2) is 4.09. The van der Waals surface area contributed by atoms with E-state index in [0.29, 0.717) is 6.10 Å². The molecule has 13 heavy (non-hydrogen) atoms. The van der Waals surface area contributed by atoms with Crippen molar-refractivity contribution in [2.75, 3.05) is 19.7 Å². The normalized spacial score (nSPS) is 28.9. The van der Waals surface area contributed by atoms with Gasteiger partial charge in [0.25, 0.3) is 0 Å². The molecule has 2 fully saturated rings.